The second kappa shape index (κ2) is 5.19. The molecule has 0 aliphatic rings. The van der Waals surface area contributed by atoms with Crippen molar-refractivity contribution in [1.82, 2.24) is 0 Å². The fourth-order valence-electron chi connectivity index (χ4n) is 1.12. The first-order valence-electron chi connectivity index (χ1n) is 4.24. The molecule has 0 aromatic heterocycles. The summed E-state index contributed by atoms with van der Waals surface area (Å²) in [5, 5.41) is 8.61. The van der Waals surface area contributed by atoms with Crippen LogP contribution in [0.25, 0.3) is 6.08 Å². The zero-order chi connectivity index (χ0) is 10.4. The number of rotatable bonds is 3. The predicted molar refractivity (Wildman–Crippen MR) is 53.9 cm³/mol. The second-order valence-corrected chi connectivity index (χ2v) is 2.66. The molecule has 0 amide bonds. The van der Waals surface area contributed by atoms with Crippen LogP contribution in [0.15, 0.2) is 30.3 Å². The maximum absolute atomic E-state index is 11.3. The predicted octanol–water partition coefficient (Wildman–Crippen LogP) is 1.48. The number of methoxy groups -OCH3 is 1. The average molecular weight is 192 g/mol. The number of aliphatic hydroxyl groups is 1. The van der Waals surface area contributed by atoms with E-state index in [1.54, 1.807) is 30.4 Å². The van der Waals surface area contributed by atoms with Crippen LogP contribution >= 0.6 is 0 Å². The molecule has 0 fully saturated rings. The fraction of sp³-hybridized carbons (Fsp3) is 0.182. The van der Waals surface area contributed by atoms with Crippen LogP contribution in [0.4, 0.5) is 0 Å². The maximum Gasteiger partial charge on any atom is 0.338 e. The maximum atomic E-state index is 11.3. The first-order valence-corrected chi connectivity index (χ1v) is 4.24. The first-order chi connectivity index (χ1) is 6.79. The minimum atomic E-state index is -0.372. The molecule has 1 aromatic carbocycles. The van der Waals surface area contributed by atoms with Gasteiger partial charge < -0.3 is 9.84 Å². The summed E-state index contributed by atoms with van der Waals surface area (Å²) in [4.78, 5) is 11.3. The summed E-state index contributed by atoms with van der Waals surface area (Å²) in [6, 6.07) is 7.06. The molecule has 0 unspecified atom stereocenters. The van der Waals surface area contributed by atoms with Crippen molar-refractivity contribution in [2.24, 2.45) is 0 Å². The van der Waals surface area contributed by atoms with Gasteiger partial charge in [0.1, 0.15) is 0 Å². The van der Waals surface area contributed by atoms with E-state index in [-0.39, 0.29) is 12.6 Å². The summed E-state index contributed by atoms with van der Waals surface area (Å²) >= 11 is 0. The molecule has 1 rings (SSSR count). The van der Waals surface area contributed by atoms with Gasteiger partial charge in [0, 0.05) is 0 Å². The van der Waals surface area contributed by atoms with Crippen molar-refractivity contribution in [1.29, 1.82) is 0 Å². The van der Waals surface area contributed by atoms with E-state index in [2.05, 4.69) is 4.74 Å². The highest BCUT2D eigenvalue weighted by Crippen LogP contribution is 2.11. The van der Waals surface area contributed by atoms with Gasteiger partial charge in [0.05, 0.1) is 19.3 Å². The highest BCUT2D eigenvalue weighted by atomic mass is 16.5. The van der Waals surface area contributed by atoms with Gasteiger partial charge >= 0.3 is 5.97 Å². The summed E-state index contributed by atoms with van der Waals surface area (Å²) in [6.07, 6.45) is 3.26. The zero-order valence-electron chi connectivity index (χ0n) is 7.93. The number of hydrogen-bond acceptors (Lipinski definition) is 3. The molecule has 0 saturated heterocycles. The monoisotopic (exact) mass is 192 g/mol. The molecule has 0 bridgehead atoms. The molecule has 1 N–H and O–H groups in total. The van der Waals surface area contributed by atoms with Gasteiger partial charge in [0.15, 0.2) is 0 Å². The highest BCUT2D eigenvalue weighted by molar-refractivity contribution is 5.93. The highest BCUT2D eigenvalue weighted by Gasteiger charge is 2.07. The third-order valence-corrected chi connectivity index (χ3v) is 1.77. The summed E-state index contributed by atoms with van der Waals surface area (Å²) in [6.45, 7) is -0.0461. The van der Waals surface area contributed by atoms with Crippen molar-refractivity contribution in [2.45, 2.75) is 0 Å². The van der Waals surface area contributed by atoms with E-state index in [1.165, 1.54) is 7.11 Å². The topological polar surface area (TPSA) is 46.5 Å². The van der Waals surface area contributed by atoms with Gasteiger partial charge in [-0.25, -0.2) is 4.79 Å². The minimum absolute atomic E-state index is 0.0461. The zero-order valence-corrected chi connectivity index (χ0v) is 7.93. The minimum Gasteiger partial charge on any atom is -0.465 e. The van der Waals surface area contributed by atoms with Crippen LogP contribution in [0, 0.1) is 0 Å². The van der Waals surface area contributed by atoms with Gasteiger partial charge in [0.2, 0.25) is 0 Å². The van der Waals surface area contributed by atoms with Crippen LogP contribution in [0.3, 0.4) is 0 Å². The lowest BCUT2D eigenvalue weighted by molar-refractivity contribution is 0.0600. The molecule has 1 aromatic rings. The van der Waals surface area contributed by atoms with E-state index in [4.69, 9.17) is 5.11 Å². The number of carbonyl (C=O) groups excluding carboxylic acids is 1. The van der Waals surface area contributed by atoms with Gasteiger partial charge in [-0.15, -0.1) is 0 Å². The van der Waals surface area contributed by atoms with Crippen LogP contribution < -0.4 is 0 Å². The van der Waals surface area contributed by atoms with Crippen molar-refractivity contribution >= 4 is 12.0 Å². The van der Waals surface area contributed by atoms with E-state index in [0.717, 1.165) is 5.56 Å². The Morgan fingerprint density at radius 3 is 2.86 bits per heavy atom. The summed E-state index contributed by atoms with van der Waals surface area (Å²) in [5.41, 5.74) is 1.24. The third-order valence-electron chi connectivity index (χ3n) is 1.77. The Morgan fingerprint density at radius 1 is 1.50 bits per heavy atom. The summed E-state index contributed by atoms with van der Waals surface area (Å²) in [5.74, 6) is -0.372. The normalized spacial score (nSPS) is 10.4. The van der Waals surface area contributed by atoms with E-state index >= 15 is 0 Å². The molecule has 3 heteroatoms. The van der Waals surface area contributed by atoms with Crippen molar-refractivity contribution in [3.8, 4) is 0 Å². The smallest absolute Gasteiger partial charge is 0.338 e. The van der Waals surface area contributed by atoms with Crippen molar-refractivity contribution < 1.29 is 14.6 Å². The average Bonchev–Trinajstić information content (AvgIpc) is 2.25. The number of hydrogen-bond donors (Lipinski definition) is 1. The van der Waals surface area contributed by atoms with Gasteiger partial charge in [-0.2, -0.15) is 0 Å². The Bertz CT molecular complexity index is 342. The summed E-state index contributed by atoms with van der Waals surface area (Å²) in [7, 11) is 1.34. The molecular formula is C11H12O3. The first kappa shape index (κ1) is 10.5. The quantitative estimate of drug-likeness (QED) is 0.738. The molecule has 0 spiro atoms. The van der Waals surface area contributed by atoms with Crippen molar-refractivity contribution in [3.05, 3.63) is 41.5 Å². The van der Waals surface area contributed by atoms with Crippen LogP contribution in [0.2, 0.25) is 0 Å². The van der Waals surface area contributed by atoms with E-state index < -0.39 is 0 Å². The summed E-state index contributed by atoms with van der Waals surface area (Å²) < 4.78 is 4.62. The van der Waals surface area contributed by atoms with Crippen molar-refractivity contribution in [3.63, 3.8) is 0 Å². The van der Waals surface area contributed by atoms with Gasteiger partial charge in [0.25, 0.3) is 0 Å². The molecule has 3 nitrogen and oxygen atoms in total. The molecule has 14 heavy (non-hydrogen) atoms. The molecule has 0 aliphatic carbocycles. The lowest BCUT2D eigenvalue weighted by atomic mass is 10.1. The Hall–Kier alpha value is -1.61. The lowest BCUT2D eigenvalue weighted by Gasteiger charge is -2.02. The Balaban J connectivity index is 3.03. The fourth-order valence-corrected chi connectivity index (χ4v) is 1.12. The lowest BCUT2D eigenvalue weighted by Crippen LogP contribution is -2.03. The molecule has 0 heterocycles. The largest absolute Gasteiger partial charge is 0.465 e. The van der Waals surface area contributed by atoms with Crippen LogP contribution in [-0.2, 0) is 4.74 Å². The Kier molecular flexibility index (Phi) is 3.88. The van der Waals surface area contributed by atoms with Crippen LogP contribution in [0.5, 0.6) is 0 Å². The number of aliphatic hydroxyl groups excluding tert-OH is 1. The third kappa shape index (κ3) is 2.44. The van der Waals surface area contributed by atoms with E-state index in [0.29, 0.717) is 5.56 Å². The van der Waals surface area contributed by atoms with Crippen LogP contribution in [0.1, 0.15) is 15.9 Å². The molecule has 0 saturated carbocycles. The molecule has 74 valence electrons. The van der Waals surface area contributed by atoms with Gasteiger partial charge in [-0.05, 0) is 11.6 Å². The second-order valence-electron chi connectivity index (χ2n) is 2.66. The molecular weight excluding hydrogens is 180 g/mol. The van der Waals surface area contributed by atoms with E-state index in [9.17, 15) is 4.79 Å². The Labute approximate surface area is 82.6 Å². The SMILES string of the molecule is COC(=O)c1ccccc1/C=C/CO. The number of benzene rings is 1. The van der Waals surface area contributed by atoms with Crippen LogP contribution in [-0.4, -0.2) is 24.8 Å². The Morgan fingerprint density at radius 2 is 2.21 bits per heavy atom. The molecule has 0 aliphatic heterocycles. The standard InChI is InChI=1S/C11H12O3/c1-14-11(13)10-7-3-2-5-9(10)6-4-8-12/h2-7,12H,8H2,1H3/b6-4+. The van der Waals surface area contributed by atoms with Crippen molar-refractivity contribution in [2.75, 3.05) is 13.7 Å². The number of ether oxygens (including phenoxy) is 1. The molecule has 0 atom stereocenters. The van der Waals surface area contributed by atoms with E-state index in [1.807, 2.05) is 6.07 Å². The van der Waals surface area contributed by atoms with Gasteiger partial charge in [-0.3, -0.25) is 0 Å². The van der Waals surface area contributed by atoms with Gasteiger partial charge in [-0.1, -0.05) is 30.4 Å². The number of carbonyl (C=O) groups is 1. The number of esters is 1. The molecule has 0 radical (unpaired) electrons.